The molecule has 5 nitrogen and oxygen atoms in total. The van der Waals surface area contributed by atoms with Crippen molar-refractivity contribution in [1.29, 1.82) is 0 Å². The van der Waals surface area contributed by atoms with Crippen molar-refractivity contribution < 1.29 is 9.47 Å². The molecule has 3 rings (SSSR count). The zero-order valence-electron chi connectivity index (χ0n) is 14.7. The summed E-state index contributed by atoms with van der Waals surface area (Å²) in [6.45, 7) is 2.57. The summed E-state index contributed by atoms with van der Waals surface area (Å²) in [6.07, 6.45) is 0. The van der Waals surface area contributed by atoms with Crippen LogP contribution in [0.2, 0.25) is 0 Å². The van der Waals surface area contributed by atoms with E-state index < -0.39 is 0 Å². The van der Waals surface area contributed by atoms with Crippen molar-refractivity contribution in [2.75, 3.05) is 19.5 Å². The van der Waals surface area contributed by atoms with Crippen LogP contribution in [0.1, 0.15) is 5.56 Å². The number of nitrogens with one attached hydrogen (secondary N) is 1. The fourth-order valence-corrected chi connectivity index (χ4v) is 3.04. The van der Waals surface area contributed by atoms with Crippen molar-refractivity contribution in [2.45, 2.75) is 12.1 Å². The van der Waals surface area contributed by atoms with Crippen molar-refractivity contribution in [2.24, 2.45) is 0 Å². The first-order valence-electron chi connectivity index (χ1n) is 8.22. The fraction of sp³-hybridized carbons (Fsp3) is 0.200. The highest BCUT2D eigenvalue weighted by atomic mass is 32.2. The Morgan fingerprint density at radius 3 is 2.42 bits per heavy atom. The van der Waals surface area contributed by atoms with Crippen LogP contribution in [0.5, 0.6) is 11.5 Å². The molecule has 0 aliphatic heterocycles. The average Bonchev–Trinajstić information content (AvgIpc) is 2.66. The highest BCUT2D eigenvalue weighted by Crippen LogP contribution is 2.21. The van der Waals surface area contributed by atoms with Gasteiger partial charge in [-0.05, 0) is 43.3 Å². The van der Waals surface area contributed by atoms with Crippen LogP contribution in [0.15, 0.2) is 64.5 Å². The van der Waals surface area contributed by atoms with Crippen LogP contribution in [0.4, 0.5) is 0 Å². The molecule has 26 heavy (non-hydrogen) atoms. The number of aryl methyl sites for hydroxylation is 1. The number of aromatic nitrogens is 2. The number of benzene rings is 2. The topological polar surface area (TPSA) is 64.2 Å². The summed E-state index contributed by atoms with van der Waals surface area (Å²) < 4.78 is 10.9. The number of methoxy groups -OCH3 is 1. The van der Waals surface area contributed by atoms with Gasteiger partial charge in [0, 0.05) is 17.4 Å². The maximum absolute atomic E-state index is 11.9. The Morgan fingerprint density at radius 1 is 1.04 bits per heavy atom. The monoisotopic (exact) mass is 368 g/mol. The number of nitrogens with zero attached hydrogens (tertiary/aromatic N) is 1. The number of rotatable bonds is 7. The standard InChI is InChI=1S/C20H20N2O3S/c1-14-3-7-17(8-4-14)25-11-12-26-20-21-18(13-19(23)22-20)15-5-9-16(24-2)10-6-15/h3-10,13H,11-12H2,1-2H3,(H,21,22,23). The molecule has 0 bridgehead atoms. The predicted octanol–water partition coefficient (Wildman–Crippen LogP) is 3.93. The van der Waals surface area contributed by atoms with Crippen LogP contribution < -0.4 is 15.0 Å². The van der Waals surface area contributed by atoms with Crippen LogP contribution in [0.3, 0.4) is 0 Å². The molecule has 0 spiro atoms. The number of aromatic amines is 1. The molecule has 6 heteroatoms. The van der Waals surface area contributed by atoms with Crippen LogP contribution in [-0.4, -0.2) is 29.4 Å². The zero-order valence-corrected chi connectivity index (χ0v) is 15.5. The lowest BCUT2D eigenvalue weighted by atomic mass is 10.1. The second-order valence-corrected chi connectivity index (χ2v) is 6.76. The third-order valence-corrected chi connectivity index (χ3v) is 4.56. The number of hydrogen-bond acceptors (Lipinski definition) is 5. The second-order valence-electron chi connectivity index (χ2n) is 5.67. The highest BCUT2D eigenvalue weighted by Gasteiger charge is 2.05. The van der Waals surface area contributed by atoms with E-state index in [1.165, 1.54) is 23.4 Å². The molecule has 0 unspecified atom stereocenters. The minimum absolute atomic E-state index is 0.173. The molecule has 0 aliphatic carbocycles. The Bertz CT molecular complexity index is 906. The Labute approximate surface area is 156 Å². The van der Waals surface area contributed by atoms with E-state index in [-0.39, 0.29) is 5.56 Å². The lowest BCUT2D eigenvalue weighted by Crippen LogP contribution is -2.09. The van der Waals surface area contributed by atoms with E-state index in [9.17, 15) is 4.79 Å². The molecule has 0 atom stereocenters. The molecular weight excluding hydrogens is 348 g/mol. The summed E-state index contributed by atoms with van der Waals surface area (Å²) in [7, 11) is 1.62. The lowest BCUT2D eigenvalue weighted by Gasteiger charge is -2.07. The molecule has 1 N–H and O–H groups in total. The summed E-state index contributed by atoms with van der Waals surface area (Å²) >= 11 is 1.46. The van der Waals surface area contributed by atoms with Gasteiger partial charge in [-0.3, -0.25) is 4.79 Å². The Morgan fingerprint density at radius 2 is 1.73 bits per heavy atom. The molecule has 3 aromatic rings. The minimum Gasteiger partial charge on any atom is -0.497 e. The van der Waals surface area contributed by atoms with Crippen molar-refractivity contribution >= 4 is 11.8 Å². The van der Waals surface area contributed by atoms with Crippen molar-refractivity contribution in [3.05, 3.63) is 70.5 Å². The van der Waals surface area contributed by atoms with Crippen LogP contribution in [0.25, 0.3) is 11.3 Å². The maximum atomic E-state index is 11.9. The van der Waals surface area contributed by atoms with E-state index in [0.717, 1.165) is 17.1 Å². The van der Waals surface area contributed by atoms with E-state index in [4.69, 9.17) is 9.47 Å². The lowest BCUT2D eigenvalue weighted by molar-refractivity contribution is 0.344. The summed E-state index contributed by atoms with van der Waals surface area (Å²) in [5.74, 6) is 2.29. The van der Waals surface area contributed by atoms with Gasteiger partial charge in [-0.15, -0.1) is 0 Å². The molecule has 0 radical (unpaired) electrons. The summed E-state index contributed by atoms with van der Waals surface area (Å²) in [4.78, 5) is 19.2. The van der Waals surface area contributed by atoms with E-state index in [2.05, 4.69) is 9.97 Å². The molecular formula is C20H20N2O3S. The normalized spacial score (nSPS) is 10.5. The van der Waals surface area contributed by atoms with Gasteiger partial charge in [0.2, 0.25) is 0 Å². The SMILES string of the molecule is COc1ccc(-c2cc(=O)[nH]c(SCCOc3ccc(C)cc3)n2)cc1. The molecule has 2 aromatic carbocycles. The zero-order chi connectivity index (χ0) is 18.4. The number of ether oxygens (including phenoxy) is 2. The van der Waals surface area contributed by atoms with Gasteiger partial charge in [0.1, 0.15) is 11.5 Å². The number of H-pyrrole nitrogens is 1. The molecule has 0 fully saturated rings. The van der Waals surface area contributed by atoms with E-state index in [1.54, 1.807) is 7.11 Å². The summed E-state index contributed by atoms with van der Waals surface area (Å²) in [5.41, 5.74) is 2.53. The molecule has 0 saturated heterocycles. The Kier molecular flexibility index (Phi) is 5.96. The smallest absolute Gasteiger partial charge is 0.252 e. The van der Waals surface area contributed by atoms with Crippen molar-refractivity contribution in [3.8, 4) is 22.8 Å². The third-order valence-electron chi connectivity index (χ3n) is 3.72. The Hall–Kier alpha value is -2.73. The predicted molar refractivity (Wildman–Crippen MR) is 104 cm³/mol. The van der Waals surface area contributed by atoms with Gasteiger partial charge >= 0.3 is 0 Å². The van der Waals surface area contributed by atoms with Gasteiger partial charge in [0.05, 0.1) is 19.4 Å². The molecule has 1 heterocycles. The van der Waals surface area contributed by atoms with Gasteiger partial charge in [0.15, 0.2) is 5.16 Å². The largest absolute Gasteiger partial charge is 0.497 e. The van der Waals surface area contributed by atoms with E-state index >= 15 is 0 Å². The maximum Gasteiger partial charge on any atom is 0.252 e. The highest BCUT2D eigenvalue weighted by molar-refractivity contribution is 7.99. The number of thioether (sulfide) groups is 1. The quantitative estimate of drug-likeness (QED) is 0.389. The van der Waals surface area contributed by atoms with E-state index in [0.29, 0.717) is 23.2 Å². The first kappa shape index (κ1) is 18.1. The average molecular weight is 368 g/mol. The third kappa shape index (κ3) is 4.89. The first-order chi connectivity index (χ1) is 12.6. The van der Waals surface area contributed by atoms with Gasteiger partial charge in [-0.2, -0.15) is 0 Å². The van der Waals surface area contributed by atoms with Crippen LogP contribution in [0, 0.1) is 6.92 Å². The molecule has 0 saturated carbocycles. The van der Waals surface area contributed by atoms with E-state index in [1.807, 2.05) is 55.5 Å². The Balaban J connectivity index is 1.62. The minimum atomic E-state index is -0.173. The number of hydrogen-bond donors (Lipinski definition) is 1. The van der Waals surface area contributed by atoms with Crippen molar-refractivity contribution in [3.63, 3.8) is 0 Å². The molecule has 134 valence electrons. The fourth-order valence-electron chi connectivity index (χ4n) is 2.35. The summed E-state index contributed by atoms with van der Waals surface area (Å²) in [6, 6.07) is 16.9. The van der Waals surface area contributed by atoms with Gasteiger partial charge in [0.25, 0.3) is 5.56 Å². The van der Waals surface area contributed by atoms with Gasteiger partial charge in [-0.25, -0.2) is 4.98 Å². The first-order valence-corrected chi connectivity index (χ1v) is 9.20. The van der Waals surface area contributed by atoms with Gasteiger partial charge in [-0.1, -0.05) is 29.5 Å². The van der Waals surface area contributed by atoms with Crippen LogP contribution in [-0.2, 0) is 0 Å². The van der Waals surface area contributed by atoms with Gasteiger partial charge < -0.3 is 14.5 Å². The van der Waals surface area contributed by atoms with Crippen molar-refractivity contribution in [1.82, 2.24) is 9.97 Å². The summed E-state index contributed by atoms with van der Waals surface area (Å²) in [5, 5.41) is 0.579. The molecule has 0 amide bonds. The van der Waals surface area contributed by atoms with Crippen LogP contribution >= 0.6 is 11.8 Å². The molecule has 1 aromatic heterocycles. The second kappa shape index (κ2) is 8.58. The molecule has 0 aliphatic rings.